The molecule has 0 aliphatic heterocycles. The Morgan fingerprint density at radius 3 is 2.29 bits per heavy atom. The highest BCUT2D eigenvalue weighted by Gasteiger charge is 2.18. The highest BCUT2D eigenvalue weighted by atomic mass is 35.5. The maximum atomic E-state index is 11.8. The summed E-state index contributed by atoms with van der Waals surface area (Å²) in [6.07, 6.45) is -0.659. The normalized spacial score (nSPS) is 12.7. The number of carbonyl (C=O) groups excluding carboxylic acids is 2. The number of halogens is 1. The molecule has 0 saturated carbocycles. The molecule has 0 spiro atoms. The first-order valence-electron chi connectivity index (χ1n) is 6.17. The molecule has 1 aromatic carbocycles. The number of carbonyl (C=O) groups is 2. The van der Waals surface area contributed by atoms with E-state index in [1.54, 1.807) is 24.3 Å². The summed E-state index contributed by atoms with van der Waals surface area (Å²) >= 11 is 0. The van der Waals surface area contributed by atoms with Gasteiger partial charge in [-0.1, -0.05) is 12.1 Å². The monoisotopic (exact) mass is 316 g/mol. The minimum atomic E-state index is -0.659. The number of ether oxygens (including phenoxy) is 1. The number of hydrogen-bond acceptors (Lipinski definition) is 4. The van der Waals surface area contributed by atoms with E-state index in [9.17, 15) is 9.59 Å². The molecule has 8 heteroatoms. The van der Waals surface area contributed by atoms with Crippen LogP contribution in [0.5, 0.6) is 0 Å². The second kappa shape index (κ2) is 9.17. The number of nitrogens with one attached hydrogen (secondary N) is 2. The first-order valence-corrected chi connectivity index (χ1v) is 6.17. The maximum absolute atomic E-state index is 11.8. The van der Waals surface area contributed by atoms with Gasteiger partial charge in [0.05, 0.1) is 6.04 Å². The molecular weight excluding hydrogens is 296 g/mol. The highest BCUT2D eigenvalue weighted by molar-refractivity contribution is 5.87. The maximum Gasteiger partial charge on any atom is 0.316 e. The molecule has 3 amide bonds. The SMILES string of the molecule is COC(CN)C(=O)NC(C)c1ccc(NC(N)=O)cc1.Cl. The van der Waals surface area contributed by atoms with E-state index in [4.69, 9.17) is 16.2 Å². The lowest BCUT2D eigenvalue weighted by Gasteiger charge is -2.18. The second-order valence-electron chi connectivity index (χ2n) is 4.30. The van der Waals surface area contributed by atoms with E-state index in [1.165, 1.54) is 7.11 Å². The van der Waals surface area contributed by atoms with Gasteiger partial charge in [-0.15, -0.1) is 12.4 Å². The minimum Gasteiger partial charge on any atom is -0.370 e. The third kappa shape index (κ3) is 5.99. The van der Waals surface area contributed by atoms with Crippen molar-refractivity contribution in [1.82, 2.24) is 5.32 Å². The van der Waals surface area contributed by atoms with Crippen molar-refractivity contribution in [2.45, 2.75) is 19.1 Å². The predicted octanol–water partition coefficient (Wildman–Crippen LogP) is 0.750. The number of anilines is 1. The summed E-state index contributed by atoms with van der Waals surface area (Å²) in [5.74, 6) is -0.262. The molecule has 0 bridgehead atoms. The lowest BCUT2D eigenvalue weighted by molar-refractivity contribution is -0.131. The van der Waals surface area contributed by atoms with Crippen molar-refractivity contribution in [2.24, 2.45) is 11.5 Å². The zero-order valence-corrected chi connectivity index (χ0v) is 12.8. The Labute approximate surface area is 129 Å². The summed E-state index contributed by atoms with van der Waals surface area (Å²) in [5.41, 5.74) is 11.9. The third-order valence-electron chi connectivity index (χ3n) is 2.83. The molecule has 0 aliphatic rings. The smallest absolute Gasteiger partial charge is 0.316 e. The molecule has 0 aromatic heterocycles. The van der Waals surface area contributed by atoms with Crippen molar-refractivity contribution in [2.75, 3.05) is 19.0 Å². The average molecular weight is 317 g/mol. The van der Waals surface area contributed by atoms with Gasteiger partial charge in [0.2, 0.25) is 0 Å². The highest BCUT2D eigenvalue weighted by Crippen LogP contribution is 2.16. The van der Waals surface area contributed by atoms with Crippen molar-refractivity contribution in [1.29, 1.82) is 0 Å². The van der Waals surface area contributed by atoms with E-state index in [-0.39, 0.29) is 30.9 Å². The molecule has 0 aliphatic carbocycles. The molecule has 21 heavy (non-hydrogen) atoms. The van der Waals surface area contributed by atoms with Crippen LogP contribution in [0.25, 0.3) is 0 Å². The number of benzene rings is 1. The van der Waals surface area contributed by atoms with Crippen molar-refractivity contribution in [3.05, 3.63) is 29.8 Å². The average Bonchev–Trinajstić information content (AvgIpc) is 2.40. The van der Waals surface area contributed by atoms with Gasteiger partial charge in [-0.05, 0) is 24.6 Å². The second-order valence-corrected chi connectivity index (χ2v) is 4.30. The van der Waals surface area contributed by atoms with Crippen molar-refractivity contribution in [3.63, 3.8) is 0 Å². The summed E-state index contributed by atoms with van der Waals surface area (Å²) in [6, 6.07) is 6.18. The van der Waals surface area contributed by atoms with Gasteiger partial charge >= 0.3 is 6.03 Å². The number of primary amides is 1. The number of urea groups is 1. The summed E-state index contributed by atoms with van der Waals surface area (Å²) in [5, 5.41) is 5.27. The van der Waals surface area contributed by atoms with E-state index >= 15 is 0 Å². The van der Waals surface area contributed by atoms with Crippen LogP contribution in [-0.4, -0.2) is 31.7 Å². The van der Waals surface area contributed by atoms with Gasteiger partial charge < -0.3 is 26.8 Å². The van der Waals surface area contributed by atoms with Crippen LogP contribution in [0.3, 0.4) is 0 Å². The van der Waals surface area contributed by atoms with Gasteiger partial charge in [0.25, 0.3) is 5.91 Å². The molecule has 7 nitrogen and oxygen atoms in total. The molecule has 0 heterocycles. The topological polar surface area (TPSA) is 119 Å². The van der Waals surface area contributed by atoms with E-state index in [0.29, 0.717) is 5.69 Å². The molecule has 0 radical (unpaired) electrons. The van der Waals surface area contributed by atoms with E-state index in [0.717, 1.165) is 5.56 Å². The van der Waals surface area contributed by atoms with Crippen LogP contribution in [0.2, 0.25) is 0 Å². The van der Waals surface area contributed by atoms with Gasteiger partial charge in [-0.3, -0.25) is 4.79 Å². The lowest BCUT2D eigenvalue weighted by Crippen LogP contribution is -2.41. The van der Waals surface area contributed by atoms with Crippen LogP contribution < -0.4 is 22.1 Å². The Kier molecular flexibility index (Phi) is 8.37. The summed E-state index contributed by atoms with van der Waals surface area (Å²) in [6.45, 7) is 1.97. The Hall–Kier alpha value is -1.83. The lowest BCUT2D eigenvalue weighted by atomic mass is 10.1. The van der Waals surface area contributed by atoms with Crippen LogP contribution in [0.4, 0.5) is 10.5 Å². The molecule has 1 rings (SSSR count). The van der Waals surface area contributed by atoms with Crippen LogP contribution in [0.1, 0.15) is 18.5 Å². The molecule has 1 aromatic rings. The van der Waals surface area contributed by atoms with Gasteiger partial charge in [-0.25, -0.2) is 4.79 Å². The fourth-order valence-corrected chi connectivity index (χ4v) is 1.70. The van der Waals surface area contributed by atoms with Crippen LogP contribution in [0.15, 0.2) is 24.3 Å². The molecule has 0 saturated heterocycles. The summed E-state index contributed by atoms with van der Waals surface area (Å²) in [7, 11) is 1.44. The molecular formula is C13H21ClN4O3. The molecule has 118 valence electrons. The van der Waals surface area contributed by atoms with Crippen molar-refractivity contribution >= 4 is 30.0 Å². The Balaban J connectivity index is 0.00000400. The van der Waals surface area contributed by atoms with Crippen molar-refractivity contribution < 1.29 is 14.3 Å². The van der Waals surface area contributed by atoms with Crippen LogP contribution in [0, 0.1) is 0 Å². The number of rotatable bonds is 6. The Morgan fingerprint density at radius 2 is 1.86 bits per heavy atom. The zero-order chi connectivity index (χ0) is 15.1. The predicted molar refractivity (Wildman–Crippen MR) is 83.3 cm³/mol. The molecule has 2 atom stereocenters. The van der Waals surface area contributed by atoms with E-state index in [1.807, 2.05) is 6.92 Å². The van der Waals surface area contributed by atoms with Gasteiger partial charge in [0.1, 0.15) is 6.10 Å². The first-order chi connectivity index (χ1) is 9.47. The number of amides is 3. The molecule has 0 fully saturated rings. The van der Waals surface area contributed by atoms with Gasteiger partial charge in [0, 0.05) is 19.3 Å². The van der Waals surface area contributed by atoms with Crippen LogP contribution >= 0.6 is 12.4 Å². The number of methoxy groups -OCH3 is 1. The molecule has 6 N–H and O–H groups in total. The fourth-order valence-electron chi connectivity index (χ4n) is 1.70. The van der Waals surface area contributed by atoms with Gasteiger partial charge in [0.15, 0.2) is 0 Å². The summed E-state index contributed by atoms with van der Waals surface area (Å²) < 4.78 is 4.96. The first kappa shape index (κ1) is 19.2. The van der Waals surface area contributed by atoms with E-state index < -0.39 is 12.1 Å². The van der Waals surface area contributed by atoms with Crippen molar-refractivity contribution in [3.8, 4) is 0 Å². The van der Waals surface area contributed by atoms with Gasteiger partial charge in [-0.2, -0.15) is 0 Å². The largest absolute Gasteiger partial charge is 0.370 e. The summed E-state index contributed by atoms with van der Waals surface area (Å²) in [4.78, 5) is 22.5. The third-order valence-corrected chi connectivity index (χ3v) is 2.83. The molecule has 2 unspecified atom stereocenters. The minimum absolute atomic E-state index is 0. The quantitative estimate of drug-likeness (QED) is 0.619. The Bertz CT molecular complexity index is 463. The number of hydrogen-bond donors (Lipinski definition) is 4. The number of nitrogens with two attached hydrogens (primary N) is 2. The van der Waals surface area contributed by atoms with E-state index in [2.05, 4.69) is 10.6 Å². The van der Waals surface area contributed by atoms with Crippen LogP contribution in [-0.2, 0) is 9.53 Å². The Morgan fingerprint density at radius 1 is 1.29 bits per heavy atom. The standard InChI is InChI=1S/C13H20N4O3.ClH/c1-8(16-12(18)11(7-14)20-2)9-3-5-10(6-4-9)17-13(15)19;/h3-6,8,11H,7,14H2,1-2H3,(H,16,18)(H3,15,17,19);1H. The zero-order valence-electron chi connectivity index (χ0n) is 12.0. The fraction of sp³-hybridized carbons (Fsp3) is 0.385.